The fourth-order valence-electron chi connectivity index (χ4n) is 3.18. The molecule has 2 unspecified atom stereocenters. The third-order valence-electron chi connectivity index (χ3n) is 5.37. The quantitative estimate of drug-likeness (QED) is 0.383. The molecule has 2 atom stereocenters. The van der Waals surface area contributed by atoms with Crippen LogP contribution in [-0.4, -0.2) is 23.8 Å². The van der Waals surface area contributed by atoms with Crippen LogP contribution in [0.15, 0.2) is 54.6 Å². The number of hydrogen-bond acceptors (Lipinski definition) is 4. The van der Waals surface area contributed by atoms with Crippen molar-refractivity contribution >= 4 is 5.97 Å². The summed E-state index contributed by atoms with van der Waals surface area (Å²) in [4.78, 5) is 12.9. The molecule has 0 bridgehead atoms. The van der Waals surface area contributed by atoms with Gasteiger partial charge in [0, 0.05) is 0 Å². The van der Waals surface area contributed by atoms with E-state index < -0.39 is 5.41 Å². The normalized spacial score (nSPS) is 14.1. The van der Waals surface area contributed by atoms with Crippen LogP contribution in [0.3, 0.4) is 0 Å². The lowest BCUT2D eigenvalue weighted by Gasteiger charge is -2.28. The van der Waals surface area contributed by atoms with Crippen LogP contribution in [-0.2, 0) is 21.6 Å². The molecule has 0 aliphatic carbocycles. The molecule has 1 N–H and O–H groups in total. The average molecular weight is 399 g/mol. The van der Waals surface area contributed by atoms with Crippen molar-refractivity contribution in [1.29, 1.82) is 0 Å². The molecule has 158 valence electrons. The summed E-state index contributed by atoms with van der Waals surface area (Å²) in [5.74, 6) is 0.346. The summed E-state index contributed by atoms with van der Waals surface area (Å²) in [6, 6.07) is 17.3. The standard InChI is InChI=1S/C25H34O4/c1-4-6-8-13-22(5-2)29-24(27)25(3,19-26)21-14-16-23(17-15-21)28-18-20-11-9-7-10-12-20/h7,9-12,14-17,22,26H,4-6,8,13,18-19H2,1-3H3. The summed E-state index contributed by atoms with van der Waals surface area (Å²) >= 11 is 0. The van der Waals surface area contributed by atoms with E-state index in [0.717, 1.165) is 49.0 Å². The highest BCUT2D eigenvalue weighted by molar-refractivity contribution is 5.83. The third kappa shape index (κ3) is 6.60. The summed E-state index contributed by atoms with van der Waals surface area (Å²) in [5, 5.41) is 10.00. The molecule has 2 aromatic rings. The molecule has 4 heteroatoms. The van der Waals surface area contributed by atoms with Gasteiger partial charge in [-0.25, -0.2) is 0 Å². The summed E-state index contributed by atoms with van der Waals surface area (Å²) < 4.78 is 11.6. The molecular formula is C25H34O4. The first-order valence-corrected chi connectivity index (χ1v) is 10.6. The van der Waals surface area contributed by atoms with Crippen LogP contribution in [0.1, 0.15) is 64.0 Å². The predicted molar refractivity (Wildman–Crippen MR) is 116 cm³/mol. The van der Waals surface area contributed by atoms with Gasteiger partial charge in [-0.2, -0.15) is 0 Å². The van der Waals surface area contributed by atoms with Gasteiger partial charge in [0.25, 0.3) is 0 Å². The topological polar surface area (TPSA) is 55.8 Å². The van der Waals surface area contributed by atoms with Gasteiger partial charge in [0.05, 0.1) is 6.61 Å². The molecule has 4 nitrogen and oxygen atoms in total. The zero-order valence-electron chi connectivity index (χ0n) is 17.9. The predicted octanol–water partition coefficient (Wildman–Crippen LogP) is 5.42. The Bertz CT molecular complexity index is 726. The number of aliphatic hydroxyl groups is 1. The SMILES string of the molecule is CCCCCC(CC)OC(=O)C(C)(CO)c1ccc(OCc2ccccc2)cc1. The second-order valence-corrected chi connectivity index (χ2v) is 7.72. The van der Waals surface area contributed by atoms with Crippen molar-refractivity contribution in [3.8, 4) is 5.75 Å². The van der Waals surface area contributed by atoms with Crippen LogP contribution in [0.5, 0.6) is 5.75 Å². The first kappa shape index (κ1) is 23.0. The van der Waals surface area contributed by atoms with E-state index in [-0.39, 0.29) is 18.7 Å². The lowest BCUT2D eigenvalue weighted by Crippen LogP contribution is -2.40. The summed E-state index contributed by atoms with van der Waals surface area (Å²) in [6.45, 7) is 6.09. The molecule has 0 spiro atoms. The molecule has 29 heavy (non-hydrogen) atoms. The Hall–Kier alpha value is -2.33. The second-order valence-electron chi connectivity index (χ2n) is 7.72. The van der Waals surface area contributed by atoms with E-state index in [2.05, 4.69) is 6.92 Å². The highest BCUT2D eigenvalue weighted by Crippen LogP contribution is 2.28. The van der Waals surface area contributed by atoms with E-state index in [9.17, 15) is 9.90 Å². The van der Waals surface area contributed by atoms with E-state index in [1.54, 1.807) is 6.92 Å². The van der Waals surface area contributed by atoms with Crippen molar-refractivity contribution in [3.63, 3.8) is 0 Å². The van der Waals surface area contributed by atoms with Crippen molar-refractivity contribution in [3.05, 3.63) is 65.7 Å². The Balaban J connectivity index is 2.01. The minimum atomic E-state index is -1.09. The number of carbonyl (C=O) groups is 1. The molecular weight excluding hydrogens is 364 g/mol. The summed E-state index contributed by atoms with van der Waals surface area (Å²) in [5.41, 5.74) is 0.727. The Morgan fingerprint density at radius 2 is 1.72 bits per heavy atom. The van der Waals surface area contributed by atoms with E-state index in [4.69, 9.17) is 9.47 Å². The van der Waals surface area contributed by atoms with Crippen LogP contribution in [0.2, 0.25) is 0 Å². The minimum absolute atomic E-state index is 0.103. The van der Waals surface area contributed by atoms with Crippen molar-refractivity contribution < 1.29 is 19.4 Å². The largest absolute Gasteiger partial charge is 0.489 e. The van der Waals surface area contributed by atoms with Crippen molar-refractivity contribution in [2.24, 2.45) is 0 Å². The summed E-state index contributed by atoms with van der Waals surface area (Å²) in [6.07, 6.45) is 4.86. The minimum Gasteiger partial charge on any atom is -0.489 e. The maximum Gasteiger partial charge on any atom is 0.318 e. The number of rotatable bonds is 12. The van der Waals surface area contributed by atoms with Crippen LogP contribution in [0.25, 0.3) is 0 Å². The lowest BCUT2D eigenvalue weighted by molar-refractivity contribution is -0.157. The number of unbranched alkanes of at least 4 members (excludes halogenated alkanes) is 2. The molecule has 0 fully saturated rings. The Labute approximate surface area is 174 Å². The highest BCUT2D eigenvalue weighted by Gasteiger charge is 2.37. The molecule has 0 aliphatic heterocycles. The maximum atomic E-state index is 12.9. The first-order valence-electron chi connectivity index (χ1n) is 10.6. The van der Waals surface area contributed by atoms with Gasteiger partial charge in [-0.1, -0.05) is 69.2 Å². The van der Waals surface area contributed by atoms with Gasteiger partial charge in [0.15, 0.2) is 0 Å². The molecule has 0 heterocycles. The van der Waals surface area contributed by atoms with Gasteiger partial charge >= 0.3 is 5.97 Å². The fraction of sp³-hybridized carbons (Fsp3) is 0.480. The molecule has 2 rings (SSSR count). The van der Waals surface area contributed by atoms with Gasteiger partial charge in [-0.05, 0) is 49.4 Å². The van der Waals surface area contributed by atoms with Gasteiger partial charge in [-0.15, -0.1) is 0 Å². The smallest absolute Gasteiger partial charge is 0.318 e. The number of hydrogen-bond donors (Lipinski definition) is 1. The number of ether oxygens (including phenoxy) is 2. The molecule has 0 saturated carbocycles. The first-order chi connectivity index (χ1) is 14.0. The molecule has 2 aromatic carbocycles. The highest BCUT2D eigenvalue weighted by atomic mass is 16.5. The van der Waals surface area contributed by atoms with E-state index in [1.807, 2.05) is 61.5 Å². The zero-order valence-corrected chi connectivity index (χ0v) is 17.9. The van der Waals surface area contributed by atoms with Gasteiger partial charge < -0.3 is 14.6 Å². The maximum absolute atomic E-state index is 12.9. The molecule has 0 amide bonds. The summed E-state index contributed by atoms with van der Waals surface area (Å²) in [7, 11) is 0. The average Bonchev–Trinajstić information content (AvgIpc) is 2.77. The van der Waals surface area contributed by atoms with E-state index >= 15 is 0 Å². The van der Waals surface area contributed by atoms with Crippen LogP contribution < -0.4 is 4.74 Å². The zero-order chi connectivity index (χ0) is 21.1. The van der Waals surface area contributed by atoms with Gasteiger partial charge in [0.1, 0.15) is 23.9 Å². The Morgan fingerprint density at radius 3 is 2.31 bits per heavy atom. The van der Waals surface area contributed by atoms with Crippen LogP contribution in [0, 0.1) is 0 Å². The van der Waals surface area contributed by atoms with E-state index in [0.29, 0.717) is 6.61 Å². The lowest BCUT2D eigenvalue weighted by atomic mass is 9.83. The number of carbonyl (C=O) groups excluding carboxylic acids is 1. The Kier molecular flexibility index (Phi) is 9.20. The van der Waals surface area contributed by atoms with Gasteiger partial charge in [-0.3, -0.25) is 4.79 Å². The molecule has 0 aliphatic rings. The Morgan fingerprint density at radius 1 is 1.03 bits per heavy atom. The molecule has 0 aromatic heterocycles. The van der Waals surface area contributed by atoms with Crippen LogP contribution in [0.4, 0.5) is 0 Å². The fourth-order valence-corrected chi connectivity index (χ4v) is 3.18. The monoisotopic (exact) mass is 398 g/mol. The number of esters is 1. The van der Waals surface area contributed by atoms with Crippen molar-refractivity contribution in [2.45, 2.75) is 71.0 Å². The molecule has 0 saturated heterocycles. The van der Waals surface area contributed by atoms with Crippen molar-refractivity contribution in [1.82, 2.24) is 0 Å². The van der Waals surface area contributed by atoms with Crippen molar-refractivity contribution in [2.75, 3.05) is 6.61 Å². The van der Waals surface area contributed by atoms with E-state index in [1.165, 1.54) is 0 Å². The van der Waals surface area contributed by atoms with Gasteiger partial charge in [0.2, 0.25) is 0 Å². The number of aliphatic hydroxyl groups excluding tert-OH is 1. The number of benzene rings is 2. The molecule has 0 radical (unpaired) electrons. The van der Waals surface area contributed by atoms with Crippen LogP contribution >= 0.6 is 0 Å². The second kappa shape index (κ2) is 11.6. The third-order valence-corrected chi connectivity index (χ3v) is 5.37.